The molecular weight excluding hydrogens is 434 g/mol. The zero-order valence-electron chi connectivity index (χ0n) is 17.0. The molecule has 0 atom stereocenters. The Kier molecular flexibility index (Phi) is 6.79. The van der Waals surface area contributed by atoms with E-state index in [4.69, 9.17) is 0 Å². The summed E-state index contributed by atoms with van der Waals surface area (Å²) in [5, 5.41) is 35.1. The molecule has 0 bridgehead atoms. The SMILES string of the molecule is O=C(NC(NCc1ccccc1)(C(=O)O)C(=O)O)c1ncc([N+](=O)[O-])n1Cc1ccccc1. The highest BCUT2D eigenvalue weighted by atomic mass is 16.6. The first-order valence-electron chi connectivity index (χ1n) is 9.56. The number of imidazole rings is 1. The highest BCUT2D eigenvalue weighted by Gasteiger charge is 2.49. The van der Waals surface area contributed by atoms with Crippen LogP contribution in [0.1, 0.15) is 21.7 Å². The number of rotatable bonds is 10. The number of benzene rings is 2. The highest BCUT2D eigenvalue weighted by Crippen LogP contribution is 2.18. The summed E-state index contributed by atoms with van der Waals surface area (Å²) in [5.74, 6) is -6.01. The summed E-state index contributed by atoms with van der Waals surface area (Å²) in [7, 11) is 0. The molecule has 0 unspecified atom stereocenters. The number of nitrogens with one attached hydrogen (secondary N) is 2. The molecule has 0 aliphatic rings. The van der Waals surface area contributed by atoms with Crippen LogP contribution in [0.2, 0.25) is 0 Å². The lowest BCUT2D eigenvalue weighted by molar-refractivity contribution is -0.392. The summed E-state index contributed by atoms with van der Waals surface area (Å²) in [4.78, 5) is 51.3. The third-order valence-electron chi connectivity index (χ3n) is 4.75. The van der Waals surface area contributed by atoms with Gasteiger partial charge in [-0.25, -0.2) is 14.6 Å². The molecule has 2 aromatic carbocycles. The van der Waals surface area contributed by atoms with Crippen LogP contribution in [0.5, 0.6) is 0 Å². The Morgan fingerprint density at radius 2 is 1.52 bits per heavy atom. The number of carbonyl (C=O) groups is 3. The highest BCUT2D eigenvalue weighted by molar-refractivity contribution is 6.07. The lowest BCUT2D eigenvalue weighted by atomic mass is 10.1. The maximum atomic E-state index is 12.9. The molecule has 0 saturated carbocycles. The third-order valence-corrected chi connectivity index (χ3v) is 4.75. The van der Waals surface area contributed by atoms with E-state index in [9.17, 15) is 34.7 Å². The van der Waals surface area contributed by atoms with E-state index in [1.54, 1.807) is 60.7 Å². The second-order valence-electron chi connectivity index (χ2n) is 6.92. The fourth-order valence-corrected chi connectivity index (χ4v) is 3.07. The average Bonchev–Trinajstić information content (AvgIpc) is 3.21. The molecule has 12 heteroatoms. The molecule has 0 spiro atoms. The zero-order valence-corrected chi connectivity index (χ0v) is 17.0. The van der Waals surface area contributed by atoms with E-state index >= 15 is 0 Å². The van der Waals surface area contributed by atoms with Crippen LogP contribution < -0.4 is 10.6 Å². The lowest BCUT2D eigenvalue weighted by Crippen LogP contribution is -2.69. The van der Waals surface area contributed by atoms with Gasteiger partial charge in [0.25, 0.3) is 11.5 Å². The van der Waals surface area contributed by atoms with Gasteiger partial charge in [0.1, 0.15) is 12.7 Å². The largest absolute Gasteiger partial charge is 0.478 e. The lowest BCUT2D eigenvalue weighted by Gasteiger charge is -2.26. The summed E-state index contributed by atoms with van der Waals surface area (Å²) >= 11 is 0. The van der Waals surface area contributed by atoms with Crippen molar-refractivity contribution in [3.05, 3.63) is 93.9 Å². The van der Waals surface area contributed by atoms with Crippen LogP contribution in [0.4, 0.5) is 5.82 Å². The van der Waals surface area contributed by atoms with Gasteiger partial charge in [0.2, 0.25) is 0 Å². The molecule has 0 radical (unpaired) electrons. The maximum Gasteiger partial charge on any atom is 0.356 e. The number of nitro groups is 1. The Hall–Kier alpha value is -4.58. The number of aromatic nitrogens is 2. The molecule has 3 aromatic rings. The van der Waals surface area contributed by atoms with Crippen molar-refractivity contribution in [3.8, 4) is 0 Å². The normalized spacial score (nSPS) is 11.0. The Morgan fingerprint density at radius 3 is 2.03 bits per heavy atom. The number of hydrogen-bond acceptors (Lipinski definition) is 7. The van der Waals surface area contributed by atoms with Crippen molar-refractivity contribution >= 4 is 23.7 Å². The number of carbonyl (C=O) groups excluding carboxylic acids is 1. The van der Waals surface area contributed by atoms with Gasteiger partial charge in [0.05, 0.1) is 0 Å². The molecule has 3 rings (SSSR count). The first kappa shape index (κ1) is 23.1. The second kappa shape index (κ2) is 9.70. The Labute approximate surface area is 186 Å². The van der Waals surface area contributed by atoms with Gasteiger partial charge in [-0.05, 0) is 16.1 Å². The van der Waals surface area contributed by atoms with E-state index in [0.29, 0.717) is 11.1 Å². The van der Waals surface area contributed by atoms with E-state index in [1.807, 2.05) is 5.32 Å². The van der Waals surface area contributed by atoms with Crippen LogP contribution in [-0.2, 0) is 22.7 Å². The molecule has 0 fully saturated rings. The summed E-state index contributed by atoms with van der Waals surface area (Å²) in [6.07, 6.45) is 0.846. The molecule has 12 nitrogen and oxygen atoms in total. The summed E-state index contributed by atoms with van der Waals surface area (Å²) in [6.45, 7) is -0.317. The number of aliphatic carboxylic acids is 2. The summed E-state index contributed by atoms with van der Waals surface area (Å²) in [5.41, 5.74) is -1.73. The predicted octanol–water partition coefficient (Wildman–Crippen LogP) is 1.22. The Bertz CT molecular complexity index is 1160. The minimum Gasteiger partial charge on any atom is -0.478 e. The third kappa shape index (κ3) is 5.02. The first-order valence-corrected chi connectivity index (χ1v) is 9.56. The van der Waals surface area contributed by atoms with Crippen molar-refractivity contribution in [3.63, 3.8) is 0 Å². The van der Waals surface area contributed by atoms with Crippen molar-refractivity contribution < 1.29 is 29.5 Å². The van der Waals surface area contributed by atoms with Gasteiger partial charge < -0.3 is 25.6 Å². The minimum absolute atomic E-state index is 0.121. The molecule has 170 valence electrons. The van der Waals surface area contributed by atoms with Gasteiger partial charge in [0.15, 0.2) is 0 Å². The molecule has 0 aliphatic heterocycles. The van der Waals surface area contributed by atoms with Gasteiger partial charge in [0, 0.05) is 6.54 Å². The summed E-state index contributed by atoms with van der Waals surface area (Å²) in [6, 6.07) is 16.8. The van der Waals surface area contributed by atoms with E-state index in [1.165, 1.54) is 0 Å². The van der Waals surface area contributed by atoms with E-state index < -0.39 is 40.1 Å². The van der Waals surface area contributed by atoms with Crippen molar-refractivity contribution in [1.29, 1.82) is 0 Å². The van der Waals surface area contributed by atoms with Crippen molar-refractivity contribution in [2.75, 3.05) is 0 Å². The van der Waals surface area contributed by atoms with Gasteiger partial charge in [-0.3, -0.25) is 10.1 Å². The van der Waals surface area contributed by atoms with Crippen LogP contribution in [0.15, 0.2) is 66.9 Å². The van der Waals surface area contributed by atoms with Crippen LogP contribution in [0.25, 0.3) is 0 Å². The molecular formula is C21H19N5O7. The predicted molar refractivity (Wildman–Crippen MR) is 113 cm³/mol. The molecule has 0 saturated heterocycles. The molecule has 0 aliphatic carbocycles. The Morgan fingerprint density at radius 1 is 0.970 bits per heavy atom. The topological polar surface area (TPSA) is 177 Å². The van der Waals surface area contributed by atoms with Crippen LogP contribution in [0.3, 0.4) is 0 Å². The molecule has 1 aromatic heterocycles. The standard InChI is InChI=1S/C21H19N5O7/c27-18(17-22-12-16(26(32)33)25(17)13-15-9-5-2-6-10-15)24-21(19(28)29,20(30)31)23-11-14-7-3-1-4-8-14/h1-10,12,23H,11,13H2,(H,24,27)(H,28,29)(H,30,31). The van der Waals surface area contributed by atoms with Crippen LogP contribution >= 0.6 is 0 Å². The quantitative estimate of drug-likeness (QED) is 0.152. The van der Waals surface area contributed by atoms with Crippen LogP contribution in [-0.4, -0.2) is 48.2 Å². The number of carboxylic acids is 2. The first-order chi connectivity index (χ1) is 15.7. The average molecular weight is 453 g/mol. The fraction of sp³-hybridized carbons (Fsp3) is 0.143. The number of hydrogen-bond donors (Lipinski definition) is 4. The van der Waals surface area contributed by atoms with Crippen molar-refractivity contribution in [2.24, 2.45) is 0 Å². The molecule has 33 heavy (non-hydrogen) atoms. The maximum absolute atomic E-state index is 12.9. The van der Waals surface area contributed by atoms with Crippen molar-refractivity contribution in [2.45, 2.75) is 18.8 Å². The molecule has 1 heterocycles. The second-order valence-corrected chi connectivity index (χ2v) is 6.92. The Balaban J connectivity index is 1.94. The molecule has 1 amide bonds. The number of carboxylic acid groups (broad SMARTS) is 2. The zero-order chi connectivity index (χ0) is 24.0. The summed E-state index contributed by atoms with van der Waals surface area (Å²) < 4.78 is 0.969. The van der Waals surface area contributed by atoms with E-state index in [-0.39, 0.29) is 13.1 Å². The van der Waals surface area contributed by atoms with E-state index in [0.717, 1.165) is 10.8 Å². The molecule has 4 N–H and O–H groups in total. The van der Waals surface area contributed by atoms with Crippen LogP contribution in [0, 0.1) is 10.1 Å². The fourth-order valence-electron chi connectivity index (χ4n) is 3.07. The monoisotopic (exact) mass is 453 g/mol. The van der Waals surface area contributed by atoms with Gasteiger partial charge in [-0.15, -0.1) is 0 Å². The smallest absolute Gasteiger partial charge is 0.356 e. The van der Waals surface area contributed by atoms with E-state index in [2.05, 4.69) is 10.3 Å². The van der Waals surface area contributed by atoms with Gasteiger partial charge >= 0.3 is 23.7 Å². The van der Waals surface area contributed by atoms with Gasteiger partial charge in [-0.1, -0.05) is 60.7 Å². The van der Waals surface area contributed by atoms with Crippen molar-refractivity contribution in [1.82, 2.24) is 20.2 Å². The number of nitrogens with zero attached hydrogens (tertiary/aromatic N) is 3. The number of amides is 1. The van der Waals surface area contributed by atoms with Gasteiger partial charge in [-0.2, -0.15) is 4.57 Å². The minimum atomic E-state index is -2.91.